The van der Waals surface area contributed by atoms with Crippen molar-refractivity contribution in [1.82, 2.24) is 4.57 Å². The van der Waals surface area contributed by atoms with Gasteiger partial charge in [-0.2, -0.15) is 0 Å². The van der Waals surface area contributed by atoms with Crippen molar-refractivity contribution < 1.29 is 9.53 Å². The molecule has 0 unspecified atom stereocenters. The van der Waals surface area contributed by atoms with Gasteiger partial charge in [-0.3, -0.25) is 4.57 Å². The van der Waals surface area contributed by atoms with Gasteiger partial charge in [0.1, 0.15) is 9.90 Å². The number of methoxy groups -OCH3 is 1. The molecular formula is C12H11NO2S3. The Balaban J connectivity index is 2.65. The van der Waals surface area contributed by atoms with Crippen LogP contribution >= 0.6 is 35.3 Å². The second-order valence-electron chi connectivity index (χ2n) is 3.37. The van der Waals surface area contributed by atoms with E-state index in [9.17, 15) is 4.79 Å². The molecule has 1 heterocycles. The number of para-hydroxylation sites is 1. The fourth-order valence-electron chi connectivity index (χ4n) is 1.57. The lowest BCUT2D eigenvalue weighted by Gasteiger charge is -2.07. The molecular weight excluding hydrogens is 286 g/mol. The Labute approximate surface area is 118 Å². The zero-order valence-corrected chi connectivity index (χ0v) is 12.3. The van der Waals surface area contributed by atoms with Gasteiger partial charge in [-0.25, -0.2) is 4.79 Å². The molecule has 0 spiro atoms. The fourth-order valence-corrected chi connectivity index (χ4v) is 3.96. The van der Waals surface area contributed by atoms with Gasteiger partial charge in [0.25, 0.3) is 0 Å². The summed E-state index contributed by atoms with van der Waals surface area (Å²) >= 11 is 8.10. The Morgan fingerprint density at radius 3 is 2.61 bits per heavy atom. The fraction of sp³-hybridized carbons (Fsp3) is 0.167. The molecule has 1 aromatic carbocycles. The summed E-state index contributed by atoms with van der Waals surface area (Å²) in [6, 6.07) is 9.75. The summed E-state index contributed by atoms with van der Waals surface area (Å²) in [7, 11) is 1.38. The van der Waals surface area contributed by atoms with Crippen LogP contribution in [-0.4, -0.2) is 23.9 Å². The third-order valence-electron chi connectivity index (χ3n) is 2.35. The number of hydrogen-bond acceptors (Lipinski definition) is 5. The lowest BCUT2D eigenvalue weighted by Crippen LogP contribution is -2.02. The number of benzene rings is 1. The summed E-state index contributed by atoms with van der Waals surface area (Å²) in [6.45, 7) is 0. The monoisotopic (exact) mass is 297 g/mol. The molecule has 94 valence electrons. The summed E-state index contributed by atoms with van der Waals surface area (Å²) < 4.78 is 7.33. The Morgan fingerprint density at radius 2 is 2.06 bits per heavy atom. The summed E-state index contributed by atoms with van der Waals surface area (Å²) in [5, 5.41) is 0.822. The van der Waals surface area contributed by atoms with Crippen LogP contribution < -0.4 is 0 Å². The predicted molar refractivity (Wildman–Crippen MR) is 77.6 cm³/mol. The van der Waals surface area contributed by atoms with Crippen LogP contribution in [0.5, 0.6) is 0 Å². The Bertz CT molecular complexity index is 616. The molecule has 0 saturated heterocycles. The van der Waals surface area contributed by atoms with E-state index in [1.807, 2.05) is 41.2 Å². The van der Waals surface area contributed by atoms with E-state index in [4.69, 9.17) is 17.0 Å². The smallest absolute Gasteiger partial charge is 0.350 e. The minimum absolute atomic E-state index is 0.342. The van der Waals surface area contributed by atoms with E-state index in [2.05, 4.69) is 0 Å². The van der Waals surface area contributed by atoms with Crippen molar-refractivity contribution in [2.24, 2.45) is 0 Å². The zero-order valence-electron chi connectivity index (χ0n) is 9.88. The number of thioether (sulfide) groups is 1. The molecule has 18 heavy (non-hydrogen) atoms. The molecule has 2 aromatic rings. The van der Waals surface area contributed by atoms with Crippen molar-refractivity contribution >= 4 is 41.3 Å². The first-order valence-electron chi connectivity index (χ1n) is 5.12. The molecule has 0 fully saturated rings. The molecule has 0 N–H and O–H groups in total. The number of carbonyl (C=O) groups excluding carboxylic acids is 1. The molecule has 3 nitrogen and oxygen atoms in total. The molecule has 0 saturated carbocycles. The van der Waals surface area contributed by atoms with Gasteiger partial charge in [0.15, 0.2) is 3.95 Å². The van der Waals surface area contributed by atoms with Gasteiger partial charge >= 0.3 is 5.97 Å². The van der Waals surface area contributed by atoms with Crippen LogP contribution in [0.4, 0.5) is 0 Å². The minimum Gasteiger partial charge on any atom is -0.465 e. The van der Waals surface area contributed by atoms with E-state index >= 15 is 0 Å². The van der Waals surface area contributed by atoms with Gasteiger partial charge in [0.05, 0.1) is 7.11 Å². The molecule has 0 aliphatic rings. The molecule has 0 atom stereocenters. The Morgan fingerprint density at radius 1 is 1.39 bits per heavy atom. The quantitative estimate of drug-likeness (QED) is 0.490. The molecule has 1 aromatic heterocycles. The van der Waals surface area contributed by atoms with Crippen molar-refractivity contribution in [3.8, 4) is 5.69 Å². The number of nitrogens with zero attached hydrogens (tertiary/aromatic N) is 1. The molecule has 0 aliphatic heterocycles. The lowest BCUT2D eigenvalue weighted by atomic mass is 10.3. The zero-order chi connectivity index (χ0) is 13.1. The number of esters is 1. The second kappa shape index (κ2) is 5.69. The standard InChI is InChI=1S/C12H11NO2S3/c1-15-11(14)9-10(17-2)13(12(16)18-9)8-6-4-3-5-7-8/h3-7H,1-2H3. The predicted octanol–water partition coefficient (Wildman–Crippen LogP) is 3.78. The van der Waals surface area contributed by atoms with E-state index in [1.54, 1.807) is 0 Å². The van der Waals surface area contributed by atoms with Gasteiger partial charge in [-0.15, -0.1) is 11.8 Å². The maximum Gasteiger partial charge on any atom is 0.350 e. The first-order valence-corrected chi connectivity index (χ1v) is 7.57. The van der Waals surface area contributed by atoms with E-state index in [0.717, 1.165) is 10.7 Å². The maximum atomic E-state index is 11.7. The Kier molecular flexibility index (Phi) is 4.21. The summed E-state index contributed by atoms with van der Waals surface area (Å²) in [4.78, 5) is 12.3. The molecule has 0 radical (unpaired) electrons. The first-order chi connectivity index (χ1) is 8.69. The number of carbonyl (C=O) groups is 1. The third kappa shape index (κ3) is 2.36. The highest BCUT2D eigenvalue weighted by atomic mass is 32.2. The van der Waals surface area contributed by atoms with Crippen LogP contribution in [0.25, 0.3) is 5.69 Å². The maximum absolute atomic E-state index is 11.7. The minimum atomic E-state index is -0.342. The summed E-state index contributed by atoms with van der Waals surface area (Å²) in [5.41, 5.74) is 0.957. The number of aromatic nitrogens is 1. The van der Waals surface area contributed by atoms with Gasteiger partial charge in [0.2, 0.25) is 0 Å². The molecule has 0 amide bonds. The van der Waals surface area contributed by atoms with Crippen molar-refractivity contribution in [3.05, 3.63) is 39.2 Å². The number of ether oxygens (including phenoxy) is 1. The van der Waals surface area contributed by atoms with E-state index in [1.165, 1.54) is 30.2 Å². The van der Waals surface area contributed by atoms with E-state index in [-0.39, 0.29) is 5.97 Å². The van der Waals surface area contributed by atoms with Crippen LogP contribution in [0.1, 0.15) is 9.67 Å². The van der Waals surface area contributed by atoms with Crippen molar-refractivity contribution in [2.75, 3.05) is 13.4 Å². The van der Waals surface area contributed by atoms with Crippen molar-refractivity contribution in [1.29, 1.82) is 0 Å². The highest BCUT2D eigenvalue weighted by Gasteiger charge is 2.19. The van der Waals surface area contributed by atoms with Gasteiger partial charge in [0, 0.05) is 5.69 Å². The third-order valence-corrected chi connectivity index (χ3v) is 4.60. The molecule has 2 rings (SSSR count). The van der Waals surface area contributed by atoms with Crippen LogP contribution in [0.3, 0.4) is 0 Å². The van der Waals surface area contributed by atoms with Gasteiger partial charge in [-0.05, 0) is 30.6 Å². The van der Waals surface area contributed by atoms with E-state index in [0.29, 0.717) is 8.83 Å². The average Bonchev–Trinajstić information content (AvgIpc) is 2.75. The Hall–Kier alpha value is -1.11. The topological polar surface area (TPSA) is 31.2 Å². The van der Waals surface area contributed by atoms with Crippen molar-refractivity contribution in [2.45, 2.75) is 5.03 Å². The van der Waals surface area contributed by atoms with Crippen molar-refractivity contribution in [3.63, 3.8) is 0 Å². The average molecular weight is 297 g/mol. The highest BCUT2D eigenvalue weighted by Crippen LogP contribution is 2.31. The van der Waals surface area contributed by atoms with Crippen LogP contribution in [0.2, 0.25) is 0 Å². The van der Waals surface area contributed by atoms with E-state index < -0.39 is 0 Å². The van der Waals surface area contributed by atoms with Crippen LogP contribution in [-0.2, 0) is 4.74 Å². The number of thiazole rings is 1. The first kappa shape index (κ1) is 13.3. The number of rotatable bonds is 3. The highest BCUT2D eigenvalue weighted by molar-refractivity contribution is 7.98. The molecule has 0 bridgehead atoms. The largest absolute Gasteiger partial charge is 0.465 e. The second-order valence-corrected chi connectivity index (χ2v) is 5.81. The van der Waals surface area contributed by atoms with Crippen LogP contribution in [0, 0.1) is 3.95 Å². The van der Waals surface area contributed by atoms with Gasteiger partial charge < -0.3 is 4.74 Å². The normalized spacial score (nSPS) is 10.3. The summed E-state index contributed by atoms with van der Waals surface area (Å²) in [6.07, 6.45) is 1.92. The van der Waals surface area contributed by atoms with Crippen LogP contribution in [0.15, 0.2) is 35.4 Å². The SMILES string of the molecule is COC(=O)c1sc(=S)n(-c2ccccc2)c1SC. The molecule has 6 heteroatoms. The number of hydrogen-bond donors (Lipinski definition) is 0. The lowest BCUT2D eigenvalue weighted by molar-refractivity contribution is 0.0602. The summed E-state index contributed by atoms with van der Waals surface area (Å²) in [5.74, 6) is -0.342. The molecule has 0 aliphatic carbocycles. The van der Waals surface area contributed by atoms with Gasteiger partial charge in [-0.1, -0.05) is 29.5 Å².